The first-order valence-corrected chi connectivity index (χ1v) is 6.01. The maximum Gasteiger partial charge on any atom is 0.118 e. The molecule has 0 N–H and O–H groups in total. The lowest BCUT2D eigenvalue weighted by molar-refractivity contribution is 0.415. The standard InChI is InChI=1S/C14H12BrNO/c1-17-13-8-5-11(6-9-13)4-7-12-3-2-10-16-14(12)15/h2-10H,1H3. The quantitative estimate of drug-likeness (QED) is 0.796. The zero-order valence-corrected chi connectivity index (χ0v) is 11.0. The van der Waals surface area contributed by atoms with Gasteiger partial charge in [-0.1, -0.05) is 30.4 Å². The molecule has 2 nitrogen and oxygen atoms in total. The molecule has 0 saturated carbocycles. The summed E-state index contributed by atoms with van der Waals surface area (Å²) in [7, 11) is 1.66. The minimum Gasteiger partial charge on any atom is -0.497 e. The van der Waals surface area contributed by atoms with Gasteiger partial charge in [-0.3, -0.25) is 0 Å². The zero-order valence-electron chi connectivity index (χ0n) is 9.43. The van der Waals surface area contributed by atoms with Crippen molar-refractivity contribution in [3.8, 4) is 5.75 Å². The Kier molecular flexibility index (Phi) is 3.94. The summed E-state index contributed by atoms with van der Waals surface area (Å²) in [5.74, 6) is 0.865. The van der Waals surface area contributed by atoms with Crippen molar-refractivity contribution in [2.24, 2.45) is 0 Å². The minimum absolute atomic E-state index is 0.852. The Morgan fingerprint density at radius 2 is 1.88 bits per heavy atom. The van der Waals surface area contributed by atoms with E-state index in [1.165, 1.54) is 0 Å². The molecular formula is C14H12BrNO. The summed E-state index contributed by atoms with van der Waals surface area (Å²) in [6.45, 7) is 0. The SMILES string of the molecule is COc1ccc(C=Cc2cccnc2Br)cc1. The minimum atomic E-state index is 0.852. The monoisotopic (exact) mass is 289 g/mol. The van der Waals surface area contributed by atoms with E-state index in [4.69, 9.17) is 4.74 Å². The number of hydrogen-bond acceptors (Lipinski definition) is 2. The lowest BCUT2D eigenvalue weighted by Crippen LogP contribution is -1.82. The number of pyridine rings is 1. The highest BCUT2D eigenvalue weighted by molar-refractivity contribution is 9.10. The molecule has 2 aromatic rings. The molecule has 0 unspecified atom stereocenters. The van der Waals surface area contributed by atoms with Crippen molar-refractivity contribution >= 4 is 28.1 Å². The van der Waals surface area contributed by atoms with E-state index in [1.54, 1.807) is 13.3 Å². The van der Waals surface area contributed by atoms with Gasteiger partial charge >= 0.3 is 0 Å². The molecule has 0 bridgehead atoms. The largest absolute Gasteiger partial charge is 0.497 e. The Morgan fingerprint density at radius 1 is 1.12 bits per heavy atom. The fraction of sp³-hybridized carbons (Fsp3) is 0.0714. The van der Waals surface area contributed by atoms with Crippen molar-refractivity contribution in [1.82, 2.24) is 4.98 Å². The van der Waals surface area contributed by atoms with Crippen LogP contribution in [0.3, 0.4) is 0 Å². The summed E-state index contributed by atoms with van der Waals surface area (Å²) in [5.41, 5.74) is 2.19. The normalized spacial score (nSPS) is 10.7. The van der Waals surface area contributed by atoms with Crippen molar-refractivity contribution in [3.63, 3.8) is 0 Å². The summed E-state index contributed by atoms with van der Waals surface area (Å²) in [5, 5.41) is 0. The summed E-state index contributed by atoms with van der Waals surface area (Å²) in [4.78, 5) is 4.16. The summed E-state index contributed by atoms with van der Waals surface area (Å²) in [6.07, 6.45) is 5.83. The van der Waals surface area contributed by atoms with Gasteiger partial charge < -0.3 is 4.74 Å². The molecule has 2 rings (SSSR count). The molecule has 0 saturated heterocycles. The molecule has 1 aromatic heterocycles. The summed E-state index contributed by atoms with van der Waals surface area (Å²) in [6, 6.07) is 11.8. The first-order valence-electron chi connectivity index (χ1n) is 5.22. The van der Waals surface area contributed by atoms with Gasteiger partial charge in [-0.15, -0.1) is 0 Å². The lowest BCUT2D eigenvalue weighted by Gasteiger charge is -1.99. The van der Waals surface area contributed by atoms with Crippen LogP contribution in [0.1, 0.15) is 11.1 Å². The van der Waals surface area contributed by atoms with Gasteiger partial charge in [-0.2, -0.15) is 0 Å². The highest BCUT2D eigenvalue weighted by Crippen LogP contribution is 2.17. The van der Waals surface area contributed by atoms with Crippen molar-refractivity contribution in [1.29, 1.82) is 0 Å². The van der Waals surface area contributed by atoms with Crippen LogP contribution in [0.4, 0.5) is 0 Å². The number of halogens is 1. The number of hydrogen-bond donors (Lipinski definition) is 0. The van der Waals surface area contributed by atoms with Gasteiger partial charge in [0.2, 0.25) is 0 Å². The van der Waals surface area contributed by atoms with Crippen LogP contribution >= 0.6 is 15.9 Å². The molecule has 0 radical (unpaired) electrons. The van der Waals surface area contributed by atoms with Crippen molar-refractivity contribution in [2.45, 2.75) is 0 Å². The van der Waals surface area contributed by atoms with Gasteiger partial charge in [0.15, 0.2) is 0 Å². The van der Waals surface area contributed by atoms with E-state index in [0.29, 0.717) is 0 Å². The number of methoxy groups -OCH3 is 1. The van der Waals surface area contributed by atoms with Crippen LogP contribution in [0, 0.1) is 0 Å². The van der Waals surface area contributed by atoms with Gasteiger partial charge in [0, 0.05) is 11.8 Å². The number of rotatable bonds is 3. The van der Waals surface area contributed by atoms with E-state index in [1.807, 2.05) is 48.6 Å². The fourth-order valence-electron chi connectivity index (χ4n) is 1.42. The Hall–Kier alpha value is -1.61. The van der Waals surface area contributed by atoms with Crippen molar-refractivity contribution in [2.75, 3.05) is 7.11 Å². The Bertz CT molecular complexity index is 520. The van der Waals surface area contributed by atoms with Crippen LogP contribution in [0.25, 0.3) is 12.2 Å². The van der Waals surface area contributed by atoms with Crippen LogP contribution in [-0.2, 0) is 0 Å². The third kappa shape index (κ3) is 3.17. The number of benzene rings is 1. The average Bonchev–Trinajstić information content (AvgIpc) is 2.38. The molecule has 1 aromatic carbocycles. The Labute approximate surface area is 109 Å². The van der Waals surface area contributed by atoms with E-state index in [-0.39, 0.29) is 0 Å². The molecule has 0 amide bonds. The van der Waals surface area contributed by atoms with Gasteiger partial charge in [0.25, 0.3) is 0 Å². The maximum atomic E-state index is 5.11. The second-order valence-electron chi connectivity index (χ2n) is 3.49. The molecule has 86 valence electrons. The second-order valence-corrected chi connectivity index (χ2v) is 4.24. The van der Waals surface area contributed by atoms with Crippen LogP contribution in [-0.4, -0.2) is 12.1 Å². The lowest BCUT2D eigenvalue weighted by atomic mass is 10.1. The first kappa shape index (κ1) is 11.9. The van der Waals surface area contributed by atoms with Crippen molar-refractivity contribution in [3.05, 3.63) is 58.3 Å². The van der Waals surface area contributed by atoms with Crippen LogP contribution in [0.5, 0.6) is 5.75 Å². The maximum absolute atomic E-state index is 5.11. The first-order chi connectivity index (χ1) is 8.29. The molecule has 3 heteroatoms. The van der Waals surface area contributed by atoms with E-state index in [2.05, 4.69) is 20.9 Å². The zero-order chi connectivity index (χ0) is 12.1. The topological polar surface area (TPSA) is 22.1 Å². The predicted octanol–water partition coefficient (Wildman–Crippen LogP) is 4.02. The average molecular weight is 290 g/mol. The number of aromatic nitrogens is 1. The van der Waals surface area contributed by atoms with Crippen LogP contribution < -0.4 is 4.74 Å². The van der Waals surface area contributed by atoms with Crippen molar-refractivity contribution < 1.29 is 4.74 Å². The highest BCUT2D eigenvalue weighted by Gasteiger charge is 1.95. The molecule has 0 aliphatic rings. The smallest absolute Gasteiger partial charge is 0.118 e. The summed E-state index contributed by atoms with van der Waals surface area (Å²) >= 11 is 3.41. The van der Waals surface area contributed by atoms with E-state index in [9.17, 15) is 0 Å². The van der Waals surface area contributed by atoms with E-state index < -0.39 is 0 Å². The molecule has 0 atom stereocenters. The molecule has 17 heavy (non-hydrogen) atoms. The van der Waals surface area contributed by atoms with E-state index >= 15 is 0 Å². The molecule has 0 spiro atoms. The summed E-state index contributed by atoms with van der Waals surface area (Å²) < 4.78 is 5.96. The van der Waals surface area contributed by atoms with Gasteiger partial charge in [0.05, 0.1) is 7.11 Å². The second kappa shape index (κ2) is 5.64. The highest BCUT2D eigenvalue weighted by atomic mass is 79.9. The van der Waals surface area contributed by atoms with Gasteiger partial charge in [-0.05, 0) is 39.7 Å². The molecular weight excluding hydrogens is 278 g/mol. The molecule has 0 fully saturated rings. The fourth-order valence-corrected chi connectivity index (χ4v) is 1.81. The number of ether oxygens (including phenoxy) is 1. The molecule has 1 heterocycles. The third-order valence-electron chi connectivity index (χ3n) is 2.36. The number of nitrogens with zero attached hydrogens (tertiary/aromatic N) is 1. The van der Waals surface area contributed by atoms with Gasteiger partial charge in [0.1, 0.15) is 10.4 Å². The molecule has 0 aliphatic heterocycles. The van der Waals surface area contributed by atoms with Crippen LogP contribution in [0.15, 0.2) is 47.2 Å². The Balaban J connectivity index is 2.17. The van der Waals surface area contributed by atoms with E-state index in [0.717, 1.165) is 21.5 Å². The Morgan fingerprint density at radius 3 is 2.53 bits per heavy atom. The van der Waals surface area contributed by atoms with Crippen LogP contribution in [0.2, 0.25) is 0 Å². The predicted molar refractivity (Wildman–Crippen MR) is 73.9 cm³/mol. The van der Waals surface area contributed by atoms with Gasteiger partial charge in [-0.25, -0.2) is 4.98 Å². The third-order valence-corrected chi connectivity index (χ3v) is 3.02. The molecule has 0 aliphatic carbocycles.